The van der Waals surface area contributed by atoms with Crippen molar-refractivity contribution in [1.82, 2.24) is 10.2 Å². The first-order valence-corrected chi connectivity index (χ1v) is 8.41. The van der Waals surface area contributed by atoms with Crippen LogP contribution in [-0.4, -0.2) is 31.0 Å². The van der Waals surface area contributed by atoms with Crippen molar-refractivity contribution in [2.24, 2.45) is 0 Å². The van der Waals surface area contributed by atoms with Gasteiger partial charge in [0.1, 0.15) is 17.4 Å². The third kappa shape index (κ3) is 6.74. The van der Waals surface area contributed by atoms with Gasteiger partial charge in [0, 0.05) is 25.8 Å². The summed E-state index contributed by atoms with van der Waals surface area (Å²) in [6.07, 6.45) is 4.79. The first-order valence-electron chi connectivity index (χ1n) is 8.41. The van der Waals surface area contributed by atoms with Crippen molar-refractivity contribution >= 4 is 5.91 Å². The Morgan fingerprint density at radius 2 is 1.96 bits per heavy atom. The molecule has 0 spiro atoms. The maximum absolute atomic E-state index is 12.2. The fourth-order valence-electron chi connectivity index (χ4n) is 2.23. The van der Waals surface area contributed by atoms with E-state index in [0.29, 0.717) is 6.54 Å². The molecule has 5 nitrogen and oxygen atoms in total. The summed E-state index contributed by atoms with van der Waals surface area (Å²) in [6, 6.07) is 9.47. The van der Waals surface area contributed by atoms with E-state index in [1.165, 1.54) is 0 Å². The molecule has 0 aromatic heterocycles. The highest BCUT2D eigenvalue weighted by molar-refractivity contribution is 5.97. The predicted molar refractivity (Wildman–Crippen MR) is 95.3 cm³/mol. The molecular weight excluding hydrogens is 302 g/mol. The summed E-state index contributed by atoms with van der Waals surface area (Å²) in [5, 5.41) is 12.1. The summed E-state index contributed by atoms with van der Waals surface area (Å²) in [7, 11) is 1.61. The maximum Gasteiger partial charge on any atom is 0.263 e. The van der Waals surface area contributed by atoms with Gasteiger partial charge in [0.15, 0.2) is 0 Å². The highest BCUT2D eigenvalue weighted by atomic mass is 16.5. The van der Waals surface area contributed by atoms with Crippen LogP contribution in [0.25, 0.3) is 0 Å². The Kier molecular flexibility index (Phi) is 9.06. The number of ether oxygens (including phenoxy) is 1. The zero-order chi connectivity index (χ0) is 17.8. The lowest BCUT2D eigenvalue weighted by molar-refractivity contribution is -0.117. The number of unbranched alkanes of at least 4 members (excludes halogenated alkanes) is 1. The number of rotatable bonds is 10. The number of carbonyl (C=O) groups is 1. The molecular formula is C19H27N3O2. The molecule has 0 aliphatic rings. The van der Waals surface area contributed by atoms with E-state index < -0.39 is 0 Å². The molecule has 1 aromatic carbocycles. The second-order valence-electron chi connectivity index (χ2n) is 5.57. The lowest BCUT2D eigenvalue weighted by atomic mass is 10.2. The van der Waals surface area contributed by atoms with Gasteiger partial charge in [-0.1, -0.05) is 32.4 Å². The fraction of sp³-hybridized carbons (Fsp3) is 0.474. The number of nitriles is 1. The number of carbonyl (C=O) groups excluding carboxylic acids is 1. The van der Waals surface area contributed by atoms with Gasteiger partial charge in [0.25, 0.3) is 5.91 Å². The third-order valence-corrected chi connectivity index (χ3v) is 3.60. The normalized spacial score (nSPS) is 10.8. The van der Waals surface area contributed by atoms with Gasteiger partial charge in [0.05, 0.1) is 7.11 Å². The van der Waals surface area contributed by atoms with Gasteiger partial charge < -0.3 is 15.0 Å². The summed E-state index contributed by atoms with van der Waals surface area (Å²) in [6.45, 7) is 6.30. The van der Waals surface area contributed by atoms with E-state index in [4.69, 9.17) is 4.74 Å². The SMILES string of the molecule is CCCCN(/C=C(/C#N)C(=O)NCc1ccc(OC)cc1)CCC. The van der Waals surface area contributed by atoms with Crippen LogP contribution >= 0.6 is 0 Å². The first-order chi connectivity index (χ1) is 11.6. The minimum atomic E-state index is -0.342. The van der Waals surface area contributed by atoms with Gasteiger partial charge >= 0.3 is 0 Å². The van der Waals surface area contributed by atoms with Gasteiger partial charge in [-0.3, -0.25) is 4.79 Å². The highest BCUT2D eigenvalue weighted by Gasteiger charge is 2.11. The van der Waals surface area contributed by atoms with Crippen molar-refractivity contribution in [3.05, 3.63) is 41.6 Å². The van der Waals surface area contributed by atoms with Crippen molar-refractivity contribution in [3.63, 3.8) is 0 Å². The Morgan fingerprint density at radius 3 is 2.50 bits per heavy atom. The lowest BCUT2D eigenvalue weighted by Crippen LogP contribution is -2.27. The molecule has 1 rings (SSSR count). The van der Waals surface area contributed by atoms with Crippen LogP contribution in [0.5, 0.6) is 5.75 Å². The van der Waals surface area contributed by atoms with E-state index in [-0.39, 0.29) is 11.5 Å². The minimum absolute atomic E-state index is 0.146. The number of nitrogens with one attached hydrogen (secondary N) is 1. The molecule has 0 bridgehead atoms. The molecule has 0 radical (unpaired) electrons. The van der Waals surface area contributed by atoms with Crippen LogP contribution in [0.4, 0.5) is 0 Å². The Morgan fingerprint density at radius 1 is 1.25 bits per heavy atom. The van der Waals surface area contributed by atoms with Crippen LogP contribution in [-0.2, 0) is 11.3 Å². The summed E-state index contributed by atoms with van der Waals surface area (Å²) in [5.41, 5.74) is 1.10. The molecule has 130 valence electrons. The average Bonchev–Trinajstić information content (AvgIpc) is 2.62. The summed E-state index contributed by atoms with van der Waals surface area (Å²) in [5.74, 6) is 0.430. The maximum atomic E-state index is 12.2. The summed E-state index contributed by atoms with van der Waals surface area (Å²) in [4.78, 5) is 14.3. The van der Waals surface area contributed by atoms with Crippen molar-refractivity contribution in [3.8, 4) is 11.8 Å². The number of methoxy groups -OCH3 is 1. The Hall–Kier alpha value is -2.48. The van der Waals surface area contributed by atoms with Crippen molar-refractivity contribution < 1.29 is 9.53 Å². The van der Waals surface area contributed by atoms with Gasteiger partial charge in [-0.15, -0.1) is 0 Å². The average molecular weight is 329 g/mol. The molecule has 0 aliphatic carbocycles. The van der Waals surface area contributed by atoms with Gasteiger partial charge in [-0.05, 0) is 30.5 Å². The van der Waals surface area contributed by atoms with E-state index in [2.05, 4.69) is 24.1 Å². The van der Waals surface area contributed by atoms with Crippen LogP contribution < -0.4 is 10.1 Å². The predicted octanol–water partition coefficient (Wildman–Crippen LogP) is 3.23. The van der Waals surface area contributed by atoms with Crippen LogP contribution in [0, 0.1) is 11.3 Å². The van der Waals surface area contributed by atoms with Crippen molar-refractivity contribution in [2.75, 3.05) is 20.2 Å². The van der Waals surface area contributed by atoms with Crippen LogP contribution in [0.2, 0.25) is 0 Å². The molecule has 0 aliphatic heterocycles. The molecule has 0 atom stereocenters. The lowest BCUT2D eigenvalue weighted by Gasteiger charge is -2.19. The standard InChI is InChI=1S/C19H27N3O2/c1-4-6-12-22(11-5-2)15-17(13-20)19(23)21-14-16-7-9-18(24-3)10-8-16/h7-10,15H,4-6,11-12,14H2,1-3H3,(H,21,23)/b17-15-. The van der Waals surface area contributed by atoms with E-state index in [0.717, 1.165) is 43.7 Å². The highest BCUT2D eigenvalue weighted by Crippen LogP contribution is 2.11. The smallest absolute Gasteiger partial charge is 0.263 e. The zero-order valence-electron chi connectivity index (χ0n) is 14.8. The van der Waals surface area contributed by atoms with Crippen LogP contribution in [0.1, 0.15) is 38.7 Å². The first kappa shape index (κ1) is 19.6. The van der Waals surface area contributed by atoms with Crippen LogP contribution in [0.15, 0.2) is 36.0 Å². The van der Waals surface area contributed by atoms with Gasteiger partial charge in [-0.25, -0.2) is 0 Å². The van der Waals surface area contributed by atoms with Crippen LogP contribution in [0.3, 0.4) is 0 Å². The largest absolute Gasteiger partial charge is 0.497 e. The van der Waals surface area contributed by atoms with Crippen molar-refractivity contribution in [2.45, 2.75) is 39.7 Å². The van der Waals surface area contributed by atoms with E-state index >= 15 is 0 Å². The molecule has 0 saturated carbocycles. The molecule has 24 heavy (non-hydrogen) atoms. The second-order valence-corrected chi connectivity index (χ2v) is 5.57. The third-order valence-electron chi connectivity index (χ3n) is 3.60. The number of benzene rings is 1. The molecule has 0 unspecified atom stereocenters. The van der Waals surface area contributed by atoms with Gasteiger partial charge in [0.2, 0.25) is 0 Å². The van der Waals surface area contributed by atoms with Gasteiger partial charge in [-0.2, -0.15) is 5.26 Å². The number of amides is 1. The summed E-state index contributed by atoms with van der Waals surface area (Å²) < 4.78 is 5.10. The molecule has 1 amide bonds. The van der Waals surface area contributed by atoms with E-state index in [9.17, 15) is 10.1 Å². The second kappa shape index (κ2) is 11.1. The van der Waals surface area contributed by atoms with Crippen molar-refractivity contribution in [1.29, 1.82) is 5.26 Å². The number of hydrogen-bond donors (Lipinski definition) is 1. The topological polar surface area (TPSA) is 65.4 Å². The monoisotopic (exact) mass is 329 g/mol. The molecule has 5 heteroatoms. The Labute approximate surface area is 144 Å². The van der Waals surface area contributed by atoms with E-state index in [1.807, 2.05) is 30.3 Å². The molecule has 1 N–H and O–H groups in total. The minimum Gasteiger partial charge on any atom is -0.497 e. The molecule has 0 saturated heterocycles. The molecule has 0 fully saturated rings. The summed E-state index contributed by atoms with van der Waals surface area (Å²) >= 11 is 0. The van der Waals surface area contributed by atoms with E-state index in [1.54, 1.807) is 13.3 Å². The Bertz CT molecular complexity index is 573. The zero-order valence-corrected chi connectivity index (χ0v) is 14.8. The molecule has 1 aromatic rings. The number of hydrogen-bond acceptors (Lipinski definition) is 4. The quantitative estimate of drug-likeness (QED) is 0.529. The fourth-order valence-corrected chi connectivity index (χ4v) is 2.23. The Balaban J connectivity index is 2.66. The number of nitrogens with zero attached hydrogens (tertiary/aromatic N) is 2. The molecule has 0 heterocycles.